The molecule has 34 heavy (non-hydrogen) atoms. The van der Waals surface area contributed by atoms with Gasteiger partial charge in [-0.25, -0.2) is 4.98 Å². The number of carbonyl (C=O) groups is 1. The van der Waals surface area contributed by atoms with Crippen LogP contribution >= 0.6 is 11.8 Å². The predicted octanol–water partition coefficient (Wildman–Crippen LogP) is 5.62. The first-order valence-corrected chi connectivity index (χ1v) is 12.0. The molecule has 0 aliphatic rings. The van der Waals surface area contributed by atoms with E-state index in [1.807, 2.05) is 37.3 Å². The predicted molar refractivity (Wildman–Crippen MR) is 133 cm³/mol. The maximum Gasteiger partial charge on any atom is 0.166 e. The molecule has 1 N–H and O–H groups in total. The van der Waals surface area contributed by atoms with Crippen molar-refractivity contribution in [2.45, 2.75) is 31.2 Å². The SMILES string of the molecule is COc1cc(OCCCOc2ccnc(CSc3nc4ccccc4[nH]3)c2C)ccc1C(C)=O. The third kappa shape index (κ3) is 5.69. The molecule has 0 bridgehead atoms. The van der Waals surface area contributed by atoms with Gasteiger partial charge in [-0.15, -0.1) is 0 Å². The van der Waals surface area contributed by atoms with Gasteiger partial charge in [-0.2, -0.15) is 0 Å². The molecule has 4 aromatic rings. The van der Waals surface area contributed by atoms with Crippen LogP contribution in [0.15, 0.2) is 59.9 Å². The molecule has 176 valence electrons. The fraction of sp³-hybridized carbons (Fsp3) is 0.269. The summed E-state index contributed by atoms with van der Waals surface area (Å²) in [6, 6.07) is 15.1. The van der Waals surface area contributed by atoms with Crippen LogP contribution in [0, 0.1) is 6.92 Å². The van der Waals surface area contributed by atoms with Gasteiger partial charge in [0.15, 0.2) is 10.9 Å². The van der Waals surface area contributed by atoms with Gasteiger partial charge in [0.1, 0.15) is 17.2 Å². The lowest BCUT2D eigenvalue weighted by molar-refractivity contribution is 0.101. The smallest absolute Gasteiger partial charge is 0.166 e. The highest BCUT2D eigenvalue weighted by Crippen LogP contribution is 2.27. The molecular formula is C26H27N3O4S. The number of ether oxygens (including phenoxy) is 3. The van der Waals surface area contributed by atoms with E-state index in [4.69, 9.17) is 14.2 Å². The van der Waals surface area contributed by atoms with E-state index in [1.54, 1.807) is 43.3 Å². The van der Waals surface area contributed by atoms with Crippen molar-refractivity contribution in [3.8, 4) is 17.2 Å². The topological polar surface area (TPSA) is 86.3 Å². The molecule has 0 atom stereocenters. The summed E-state index contributed by atoms with van der Waals surface area (Å²) < 4.78 is 17.1. The summed E-state index contributed by atoms with van der Waals surface area (Å²) in [5.41, 5.74) is 4.53. The van der Waals surface area contributed by atoms with E-state index in [1.165, 1.54) is 6.92 Å². The second-order valence-corrected chi connectivity index (χ2v) is 8.66. The zero-order valence-corrected chi connectivity index (χ0v) is 20.3. The van der Waals surface area contributed by atoms with Crippen molar-refractivity contribution in [1.82, 2.24) is 15.0 Å². The lowest BCUT2D eigenvalue weighted by atomic mass is 10.1. The first kappa shape index (κ1) is 23.6. The number of rotatable bonds is 11. The van der Waals surface area contributed by atoms with Crippen LogP contribution in [0.2, 0.25) is 0 Å². The fourth-order valence-corrected chi connectivity index (χ4v) is 4.39. The van der Waals surface area contributed by atoms with E-state index in [9.17, 15) is 4.79 Å². The highest BCUT2D eigenvalue weighted by atomic mass is 32.2. The molecule has 0 amide bonds. The Morgan fingerprint density at radius 3 is 2.68 bits per heavy atom. The number of aromatic amines is 1. The Bertz CT molecular complexity index is 1260. The van der Waals surface area contributed by atoms with Crippen molar-refractivity contribution in [2.24, 2.45) is 0 Å². The summed E-state index contributed by atoms with van der Waals surface area (Å²) >= 11 is 1.62. The number of benzene rings is 2. The van der Waals surface area contributed by atoms with Gasteiger partial charge >= 0.3 is 0 Å². The van der Waals surface area contributed by atoms with Crippen LogP contribution in [0.1, 0.15) is 35.0 Å². The molecule has 2 heterocycles. The van der Waals surface area contributed by atoms with Crippen molar-refractivity contribution >= 4 is 28.6 Å². The average Bonchev–Trinajstić information content (AvgIpc) is 3.26. The van der Waals surface area contributed by atoms with E-state index in [0.717, 1.165) is 33.2 Å². The van der Waals surface area contributed by atoms with Gasteiger partial charge < -0.3 is 19.2 Å². The molecule has 2 aromatic carbocycles. The second kappa shape index (κ2) is 11.1. The van der Waals surface area contributed by atoms with E-state index in [0.29, 0.717) is 42.4 Å². The molecule has 0 unspecified atom stereocenters. The van der Waals surface area contributed by atoms with Crippen LogP contribution in [0.5, 0.6) is 17.2 Å². The van der Waals surface area contributed by atoms with Gasteiger partial charge in [0.25, 0.3) is 0 Å². The van der Waals surface area contributed by atoms with Crippen molar-refractivity contribution in [3.63, 3.8) is 0 Å². The number of aromatic nitrogens is 3. The van der Waals surface area contributed by atoms with Crippen molar-refractivity contribution < 1.29 is 19.0 Å². The maximum atomic E-state index is 11.6. The number of hydrogen-bond acceptors (Lipinski definition) is 7. The largest absolute Gasteiger partial charge is 0.496 e. The van der Waals surface area contributed by atoms with Crippen LogP contribution in [0.4, 0.5) is 0 Å². The number of carbonyl (C=O) groups excluding carboxylic acids is 1. The third-order valence-electron chi connectivity index (χ3n) is 5.34. The summed E-state index contributed by atoms with van der Waals surface area (Å²) in [7, 11) is 1.54. The zero-order chi connectivity index (χ0) is 23.9. The molecule has 0 aliphatic carbocycles. The molecule has 2 aromatic heterocycles. The van der Waals surface area contributed by atoms with E-state index in [-0.39, 0.29) is 5.78 Å². The highest BCUT2D eigenvalue weighted by Gasteiger charge is 2.11. The molecule has 0 saturated carbocycles. The van der Waals surface area contributed by atoms with Gasteiger partial charge in [-0.05, 0) is 44.2 Å². The molecule has 7 nitrogen and oxygen atoms in total. The first-order valence-electron chi connectivity index (χ1n) is 11.0. The number of thioether (sulfide) groups is 1. The molecule has 8 heteroatoms. The average molecular weight is 478 g/mol. The number of ketones is 1. The molecule has 0 fully saturated rings. The molecule has 0 aliphatic heterocycles. The molecule has 0 spiro atoms. The Balaban J connectivity index is 1.27. The maximum absolute atomic E-state index is 11.6. The zero-order valence-electron chi connectivity index (χ0n) is 19.5. The molecule has 0 radical (unpaired) electrons. The number of H-pyrrole nitrogens is 1. The van der Waals surface area contributed by atoms with E-state index < -0.39 is 0 Å². The number of pyridine rings is 1. The Kier molecular flexibility index (Phi) is 7.69. The summed E-state index contributed by atoms with van der Waals surface area (Å²) in [4.78, 5) is 24.1. The monoisotopic (exact) mass is 477 g/mol. The summed E-state index contributed by atoms with van der Waals surface area (Å²) in [5.74, 6) is 2.65. The Labute approximate surface area is 202 Å². The van der Waals surface area contributed by atoms with Crippen molar-refractivity contribution in [1.29, 1.82) is 0 Å². The minimum atomic E-state index is -0.0418. The molecular weight excluding hydrogens is 450 g/mol. The van der Waals surface area contributed by atoms with Gasteiger partial charge in [-0.1, -0.05) is 23.9 Å². The Hall–Kier alpha value is -3.52. The van der Waals surface area contributed by atoms with Crippen LogP contribution in [-0.4, -0.2) is 41.1 Å². The third-order valence-corrected chi connectivity index (χ3v) is 6.22. The lowest BCUT2D eigenvalue weighted by Gasteiger charge is -2.13. The summed E-state index contributed by atoms with van der Waals surface area (Å²) in [6.07, 6.45) is 2.48. The minimum absolute atomic E-state index is 0.0418. The summed E-state index contributed by atoms with van der Waals surface area (Å²) in [6.45, 7) is 4.54. The number of nitrogens with one attached hydrogen (secondary N) is 1. The number of para-hydroxylation sites is 2. The summed E-state index contributed by atoms with van der Waals surface area (Å²) in [5, 5.41) is 0.874. The Morgan fingerprint density at radius 2 is 1.88 bits per heavy atom. The van der Waals surface area contributed by atoms with Gasteiger partial charge in [-0.3, -0.25) is 9.78 Å². The first-order chi connectivity index (χ1) is 16.5. The highest BCUT2D eigenvalue weighted by molar-refractivity contribution is 7.98. The normalized spacial score (nSPS) is 10.9. The van der Waals surface area contributed by atoms with Crippen molar-refractivity contribution in [2.75, 3.05) is 20.3 Å². The van der Waals surface area contributed by atoms with Gasteiger partial charge in [0.2, 0.25) is 0 Å². The number of fused-ring (bicyclic) bond motifs is 1. The minimum Gasteiger partial charge on any atom is -0.496 e. The van der Waals surface area contributed by atoms with E-state index in [2.05, 4.69) is 15.0 Å². The molecule has 0 saturated heterocycles. The second-order valence-electron chi connectivity index (χ2n) is 7.70. The van der Waals surface area contributed by atoms with Gasteiger partial charge in [0, 0.05) is 30.0 Å². The van der Waals surface area contributed by atoms with Crippen molar-refractivity contribution in [3.05, 3.63) is 71.5 Å². The number of hydrogen-bond donors (Lipinski definition) is 1. The molecule has 4 rings (SSSR count). The number of Topliss-reactive ketones (excluding diaryl/α,β-unsaturated/α-hetero) is 1. The Morgan fingerprint density at radius 1 is 1.06 bits per heavy atom. The number of nitrogens with zero attached hydrogens (tertiary/aromatic N) is 2. The van der Waals surface area contributed by atoms with E-state index >= 15 is 0 Å². The number of imidazole rings is 1. The van der Waals surface area contributed by atoms with Crippen LogP contribution in [0.25, 0.3) is 11.0 Å². The standard InChI is InChI=1S/C26H27N3O4S/c1-17-23(16-34-26-28-21-7-4-5-8-22(21)29-26)27-12-11-24(17)33-14-6-13-32-19-9-10-20(18(2)30)25(15-19)31-3/h4-5,7-12,15H,6,13-14,16H2,1-3H3,(H,28,29). The number of methoxy groups -OCH3 is 1. The fourth-order valence-electron chi connectivity index (χ4n) is 3.48. The van der Waals surface area contributed by atoms with Gasteiger partial charge in [0.05, 0.1) is 42.6 Å². The van der Waals surface area contributed by atoms with Crippen LogP contribution in [0.3, 0.4) is 0 Å². The lowest BCUT2D eigenvalue weighted by Crippen LogP contribution is -2.07. The quantitative estimate of drug-likeness (QED) is 0.170. The van der Waals surface area contributed by atoms with Crippen LogP contribution < -0.4 is 14.2 Å². The van der Waals surface area contributed by atoms with Crippen LogP contribution in [-0.2, 0) is 5.75 Å².